The van der Waals surface area contributed by atoms with E-state index in [-0.39, 0.29) is 0 Å². The lowest BCUT2D eigenvalue weighted by Gasteiger charge is -2.30. The van der Waals surface area contributed by atoms with E-state index in [1.54, 1.807) is 0 Å². The Kier molecular flexibility index (Phi) is 6.34. The number of aryl methyl sites for hydroxylation is 1. The Bertz CT molecular complexity index is 566. The van der Waals surface area contributed by atoms with Gasteiger partial charge in [0.05, 0.1) is 12.7 Å². The molecule has 25 heavy (non-hydrogen) atoms. The van der Waals surface area contributed by atoms with E-state index >= 15 is 0 Å². The minimum absolute atomic E-state index is 0.570. The highest BCUT2D eigenvalue weighted by Gasteiger charge is 2.27. The summed E-state index contributed by atoms with van der Waals surface area (Å²) in [4.78, 5) is 9.91. The Labute approximate surface area is 152 Å². The molecule has 0 saturated carbocycles. The smallest absolute Gasteiger partial charge is 0.193 e. The Morgan fingerprint density at radius 1 is 1.32 bits per heavy atom. The van der Waals surface area contributed by atoms with Gasteiger partial charge >= 0.3 is 0 Å². The van der Waals surface area contributed by atoms with Crippen LogP contribution in [-0.4, -0.2) is 71.4 Å². The molecule has 6 nitrogen and oxygen atoms in total. The molecule has 3 rings (SSSR count). The Morgan fingerprint density at radius 3 is 2.92 bits per heavy atom. The van der Waals surface area contributed by atoms with Gasteiger partial charge in [-0.05, 0) is 44.2 Å². The molecule has 3 heterocycles. The van der Waals surface area contributed by atoms with Crippen LogP contribution < -0.4 is 5.32 Å². The van der Waals surface area contributed by atoms with Gasteiger partial charge in [0.2, 0.25) is 0 Å². The van der Waals surface area contributed by atoms with Gasteiger partial charge in [0.15, 0.2) is 5.96 Å². The van der Waals surface area contributed by atoms with Gasteiger partial charge in [0.25, 0.3) is 0 Å². The maximum absolute atomic E-state index is 4.92. The molecule has 1 aromatic heterocycles. The van der Waals surface area contributed by atoms with E-state index in [1.807, 2.05) is 17.9 Å². The first-order chi connectivity index (χ1) is 12.2. The van der Waals surface area contributed by atoms with Crippen molar-refractivity contribution in [2.24, 2.45) is 18.0 Å². The molecule has 2 fully saturated rings. The summed E-state index contributed by atoms with van der Waals surface area (Å²) in [5.74, 6) is 2.49. The lowest BCUT2D eigenvalue weighted by atomic mass is 10.0. The Morgan fingerprint density at radius 2 is 2.20 bits per heavy atom. The van der Waals surface area contributed by atoms with Gasteiger partial charge < -0.3 is 15.1 Å². The van der Waals surface area contributed by atoms with Crippen molar-refractivity contribution in [1.82, 2.24) is 24.9 Å². The number of aliphatic imine (C=N–C) groups is 1. The second-order valence-corrected chi connectivity index (χ2v) is 7.66. The summed E-state index contributed by atoms with van der Waals surface area (Å²) in [6, 6.07) is 0. The second kappa shape index (κ2) is 8.70. The highest BCUT2D eigenvalue weighted by atomic mass is 15.3. The summed E-state index contributed by atoms with van der Waals surface area (Å²) in [7, 11) is 1.99. The van der Waals surface area contributed by atoms with Crippen LogP contribution in [0.15, 0.2) is 17.4 Å². The minimum atomic E-state index is 0.570. The average molecular weight is 347 g/mol. The van der Waals surface area contributed by atoms with Gasteiger partial charge in [-0.3, -0.25) is 9.67 Å². The van der Waals surface area contributed by atoms with E-state index < -0.39 is 0 Å². The maximum Gasteiger partial charge on any atom is 0.193 e. The molecule has 0 bridgehead atoms. The number of nitrogens with one attached hydrogen (secondary N) is 1. The normalized spacial score (nSPS) is 25.6. The molecular formula is C19H34N6. The van der Waals surface area contributed by atoms with Crippen molar-refractivity contribution in [1.29, 1.82) is 0 Å². The van der Waals surface area contributed by atoms with Crippen LogP contribution in [0.1, 0.15) is 44.6 Å². The van der Waals surface area contributed by atoms with Crippen LogP contribution in [0.3, 0.4) is 0 Å². The zero-order valence-corrected chi connectivity index (χ0v) is 16.1. The molecule has 2 saturated heterocycles. The molecule has 1 aromatic rings. The highest BCUT2D eigenvalue weighted by molar-refractivity contribution is 5.80. The largest absolute Gasteiger partial charge is 0.357 e. The Hall–Kier alpha value is -1.56. The van der Waals surface area contributed by atoms with Crippen LogP contribution in [0, 0.1) is 5.92 Å². The number of aromatic nitrogens is 2. The Balaban J connectivity index is 1.53. The van der Waals surface area contributed by atoms with Crippen LogP contribution >= 0.6 is 0 Å². The third-order valence-corrected chi connectivity index (χ3v) is 5.44. The van der Waals surface area contributed by atoms with E-state index in [0.717, 1.165) is 44.6 Å². The van der Waals surface area contributed by atoms with Crippen molar-refractivity contribution in [3.8, 4) is 0 Å². The monoisotopic (exact) mass is 346 g/mol. The fraction of sp³-hybridized carbons (Fsp3) is 0.789. The van der Waals surface area contributed by atoms with Crippen molar-refractivity contribution in [3.63, 3.8) is 0 Å². The predicted octanol–water partition coefficient (Wildman–Crippen LogP) is 1.91. The molecular weight excluding hydrogens is 312 g/mol. The number of rotatable bonds is 5. The maximum atomic E-state index is 4.92. The highest BCUT2D eigenvalue weighted by Crippen LogP contribution is 2.26. The summed E-state index contributed by atoms with van der Waals surface area (Å²) in [5.41, 5.74) is 1.35. The van der Waals surface area contributed by atoms with E-state index in [4.69, 9.17) is 4.99 Å². The quantitative estimate of drug-likeness (QED) is 0.654. The average Bonchev–Trinajstić information content (AvgIpc) is 3.23. The number of guanidine groups is 1. The van der Waals surface area contributed by atoms with E-state index in [9.17, 15) is 0 Å². The van der Waals surface area contributed by atoms with Crippen molar-refractivity contribution in [2.45, 2.75) is 39.0 Å². The molecule has 0 amide bonds. The molecule has 0 aliphatic carbocycles. The number of piperidine rings is 1. The van der Waals surface area contributed by atoms with Crippen LogP contribution in [0.5, 0.6) is 0 Å². The van der Waals surface area contributed by atoms with Crippen LogP contribution in [0.4, 0.5) is 0 Å². The van der Waals surface area contributed by atoms with Gasteiger partial charge in [-0.1, -0.05) is 6.92 Å². The predicted molar refractivity (Wildman–Crippen MR) is 103 cm³/mol. The topological polar surface area (TPSA) is 48.7 Å². The fourth-order valence-corrected chi connectivity index (χ4v) is 4.09. The van der Waals surface area contributed by atoms with Crippen LogP contribution in [0.25, 0.3) is 0 Å². The molecule has 0 radical (unpaired) electrons. The van der Waals surface area contributed by atoms with Crippen molar-refractivity contribution in [2.75, 3.05) is 45.8 Å². The zero-order chi connectivity index (χ0) is 17.6. The summed E-state index contributed by atoms with van der Waals surface area (Å²) < 4.78 is 1.90. The number of likely N-dealkylation sites (tertiary alicyclic amines) is 2. The van der Waals surface area contributed by atoms with Crippen LogP contribution in [-0.2, 0) is 7.05 Å². The summed E-state index contributed by atoms with van der Waals surface area (Å²) in [5, 5.41) is 7.81. The lowest BCUT2D eigenvalue weighted by Crippen LogP contribution is -2.41. The number of hydrogen-bond acceptors (Lipinski definition) is 3. The van der Waals surface area contributed by atoms with E-state index in [1.165, 1.54) is 37.9 Å². The molecule has 1 N–H and O–H groups in total. The third kappa shape index (κ3) is 4.97. The van der Waals surface area contributed by atoms with Gasteiger partial charge in [0.1, 0.15) is 0 Å². The molecule has 2 atom stereocenters. The van der Waals surface area contributed by atoms with Crippen molar-refractivity contribution < 1.29 is 0 Å². The third-order valence-electron chi connectivity index (χ3n) is 5.44. The fourth-order valence-electron chi connectivity index (χ4n) is 4.09. The molecule has 2 aliphatic heterocycles. The van der Waals surface area contributed by atoms with E-state index in [0.29, 0.717) is 5.92 Å². The molecule has 6 heteroatoms. The summed E-state index contributed by atoms with van der Waals surface area (Å²) >= 11 is 0. The molecule has 0 aromatic carbocycles. The van der Waals surface area contributed by atoms with Gasteiger partial charge in [-0.25, -0.2) is 0 Å². The van der Waals surface area contributed by atoms with Crippen molar-refractivity contribution in [3.05, 3.63) is 18.0 Å². The summed E-state index contributed by atoms with van der Waals surface area (Å²) in [6.07, 6.45) is 8.06. The first-order valence-electron chi connectivity index (χ1n) is 9.90. The van der Waals surface area contributed by atoms with Crippen LogP contribution in [0.2, 0.25) is 0 Å². The first kappa shape index (κ1) is 18.2. The van der Waals surface area contributed by atoms with Crippen molar-refractivity contribution >= 4 is 5.96 Å². The standard InChI is InChI=1S/C19H34N6/c1-4-20-19(21-8-11-24-9-5-6-16(2)13-24)25-10-7-17(15-25)18-12-22-23(3)14-18/h12,14,16-17H,4-11,13,15H2,1-3H3,(H,20,21). The number of hydrogen-bond donors (Lipinski definition) is 1. The minimum Gasteiger partial charge on any atom is -0.357 e. The van der Waals surface area contributed by atoms with Gasteiger partial charge in [0, 0.05) is 51.9 Å². The molecule has 0 spiro atoms. The van der Waals surface area contributed by atoms with Gasteiger partial charge in [-0.15, -0.1) is 0 Å². The second-order valence-electron chi connectivity index (χ2n) is 7.66. The summed E-state index contributed by atoms with van der Waals surface area (Å²) in [6.45, 7) is 12.0. The molecule has 2 aliphatic rings. The zero-order valence-electron chi connectivity index (χ0n) is 16.1. The first-order valence-corrected chi connectivity index (χ1v) is 9.90. The van der Waals surface area contributed by atoms with E-state index in [2.05, 4.69) is 40.3 Å². The molecule has 2 unspecified atom stereocenters. The lowest BCUT2D eigenvalue weighted by molar-refractivity contribution is 0.188. The van der Waals surface area contributed by atoms with Gasteiger partial charge in [-0.2, -0.15) is 5.10 Å². The molecule has 140 valence electrons. The number of nitrogens with zero attached hydrogens (tertiary/aromatic N) is 5. The SMILES string of the molecule is CCNC(=NCCN1CCCC(C)C1)N1CCC(c2cnn(C)c2)C1.